The van der Waals surface area contributed by atoms with Crippen LogP contribution in [-0.4, -0.2) is 35.0 Å². The molecule has 1 aromatic carbocycles. The minimum absolute atomic E-state index is 0.0258. The van der Waals surface area contributed by atoms with Gasteiger partial charge in [-0.3, -0.25) is 9.59 Å². The van der Waals surface area contributed by atoms with E-state index in [1.807, 2.05) is 12.1 Å². The lowest BCUT2D eigenvalue weighted by molar-refractivity contribution is -0.141. The lowest BCUT2D eigenvalue weighted by Gasteiger charge is -2.19. The van der Waals surface area contributed by atoms with Gasteiger partial charge in [-0.05, 0) is 55.4 Å². The second-order valence-corrected chi connectivity index (χ2v) is 5.77. The van der Waals surface area contributed by atoms with E-state index in [-0.39, 0.29) is 5.91 Å². The number of nitrogens with zero attached hydrogens (tertiary/aromatic N) is 1. The minimum Gasteiger partial charge on any atom is -0.481 e. The topological polar surface area (TPSA) is 57.6 Å². The van der Waals surface area contributed by atoms with Crippen molar-refractivity contribution in [3.63, 3.8) is 0 Å². The van der Waals surface area contributed by atoms with Gasteiger partial charge >= 0.3 is 5.97 Å². The number of carbonyl (C=O) groups is 2. The standard InChI is InChI=1S/C16H19NO3/c18-15(17-8-7-14(10-17)16(19)20)13-6-5-11-3-1-2-4-12(11)9-13/h5-6,9,14H,1-4,7-8,10H2,(H,19,20). The van der Waals surface area contributed by atoms with E-state index in [1.165, 1.54) is 24.0 Å². The minimum atomic E-state index is -0.800. The molecule has 0 bridgehead atoms. The molecular weight excluding hydrogens is 254 g/mol. The van der Waals surface area contributed by atoms with Gasteiger partial charge in [-0.1, -0.05) is 6.07 Å². The number of amides is 1. The van der Waals surface area contributed by atoms with Gasteiger partial charge in [0.25, 0.3) is 5.91 Å². The second kappa shape index (κ2) is 5.27. The summed E-state index contributed by atoms with van der Waals surface area (Å²) in [6.07, 6.45) is 5.14. The third-order valence-corrected chi connectivity index (χ3v) is 4.42. The molecule has 1 amide bonds. The smallest absolute Gasteiger partial charge is 0.308 e. The molecule has 1 fully saturated rings. The highest BCUT2D eigenvalue weighted by atomic mass is 16.4. The molecule has 1 aromatic rings. The van der Waals surface area contributed by atoms with Crippen molar-refractivity contribution in [1.29, 1.82) is 0 Å². The summed E-state index contributed by atoms with van der Waals surface area (Å²) in [4.78, 5) is 25.1. The first-order chi connectivity index (χ1) is 9.65. The van der Waals surface area contributed by atoms with Crippen LogP contribution in [0.4, 0.5) is 0 Å². The summed E-state index contributed by atoms with van der Waals surface area (Å²) in [6, 6.07) is 5.96. The third kappa shape index (κ3) is 2.42. The van der Waals surface area contributed by atoms with Crippen LogP contribution in [0.2, 0.25) is 0 Å². The fourth-order valence-electron chi connectivity index (χ4n) is 3.20. The molecule has 0 radical (unpaired) electrons. The van der Waals surface area contributed by atoms with Crippen molar-refractivity contribution in [3.8, 4) is 0 Å². The molecule has 1 aliphatic heterocycles. The maximum atomic E-state index is 12.4. The summed E-state index contributed by atoms with van der Waals surface area (Å²) in [5.74, 6) is -1.23. The number of benzene rings is 1. The van der Waals surface area contributed by atoms with Crippen LogP contribution in [0.3, 0.4) is 0 Å². The zero-order valence-electron chi connectivity index (χ0n) is 11.5. The van der Waals surface area contributed by atoms with E-state index < -0.39 is 11.9 Å². The quantitative estimate of drug-likeness (QED) is 0.898. The molecule has 4 nitrogen and oxygen atoms in total. The maximum absolute atomic E-state index is 12.4. The van der Waals surface area contributed by atoms with E-state index in [0.717, 1.165) is 12.8 Å². The molecule has 1 unspecified atom stereocenters. The fraction of sp³-hybridized carbons (Fsp3) is 0.500. The predicted octanol–water partition coefficient (Wildman–Crippen LogP) is 2.11. The Balaban J connectivity index is 1.76. The average Bonchev–Trinajstić information content (AvgIpc) is 2.96. The molecule has 1 heterocycles. The highest BCUT2D eigenvalue weighted by Crippen LogP contribution is 2.24. The first-order valence-corrected chi connectivity index (χ1v) is 7.29. The molecule has 1 atom stereocenters. The highest BCUT2D eigenvalue weighted by Gasteiger charge is 2.31. The van der Waals surface area contributed by atoms with Crippen LogP contribution in [0, 0.1) is 5.92 Å². The van der Waals surface area contributed by atoms with Crippen molar-refractivity contribution >= 4 is 11.9 Å². The van der Waals surface area contributed by atoms with Crippen molar-refractivity contribution in [2.45, 2.75) is 32.1 Å². The fourth-order valence-corrected chi connectivity index (χ4v) is 3.20. The van der Waals surface area contributed by atoms with Gasteiger partial charge in [0, 0.05) is 18.7 Å². The Labute approximate surface area is 118 Å². The van der Waals surface area contributed by atoms with E-state index >= 15 is 0 Å². The molecule has 1 aliphatic carbocycles. The highest BCUT2D eigenvalue weighted by molar-refractivity contribution is 5.95. The summed E-state index contributed by atoms with van der Waals surface area (Å²) < 4.78 is 0. The molecular formula is C16H19NO3. The van der Waals surface area contributed by atoms with Crippen molar-refractivity contribution < 1.29 is 14.7 Å². The SMILES string of the molecule is O=C(O)C1CCN(C(=O)c2ccc3c(c2)CCCC3)C1. The Morgan fingerprint density at radius 1 is 1.15 bits per heavy atom. The van der Waals surface area contributed by atoms with Crippen molar-refractivity contribution in [2.75, 3.05) is 13.1 Å². The molecule has 106 valence electrons. The van der Waals surface area contributed by atoms with Crippen LogP contribution in [-0.2, 0) is 17.6 Å². The molecule has 1 saturated heterocycles. The van der Waals surface area contributed by atoms with Crippen LogP contribution >= 0.6 is 0 Å². The number of fused-ring (bicyclic) bond motifs is 1. The van der Waals surface area contributed by atoms with Gasteiger partial charge in [0.2, 0.25) is 0 Å². The summed E-state index contributed by atoms with van der Waals surface area (Å²) in [5, 5.41) is 9.00. The number of rotatable bonds is 2. The lowest BCUT2D eigenvalue weighted by Crippen LogP contribution is -2.30. The van der Waals surface area contributed by atoms with E-state index in [9.17, 15) is 9.59 Å². The monoisotopic (exact) mass is 273 g/mol. The molecule has 0 aromatic heterocycles. The molecule has 1 N–H and O–H groups in total. The Morgan fingerprint density at radius 3 is 2.60 bits per heavy atom. The van der Waals surface area contributed by atoms with Crippen LogP contribution in [0.15, 0.2) is 18.2 Å². The number of hydrogen-bond donors (Lipinski definition) is 1. The van der Waals surface area contributed by atoms with E-state index in [2.05, 4.69) is 6.07 Å². The first-order valence-electron chi connectivity index (χ1n) is 7.29. The van der Waals surface area contributed by atoms with Gasteiger partial charge in [-0.2, -0.15) is 0 Å². The van der Waals surface area contributed by atoms with Gasteiger partial charge in [0.1, 0.15) is 0 Å². The van der Waals surface area contributed by atoms with Crippen LogP contribution < -0.4 is 0 Å². The average molecular weight is 273 g/mol. The number of likely N-dealkylation sites (tertiary alicyclic amines) is 1. The Hall–Kier alpha value is -1.84. The molecule has 0 saturated carbocycles. The van der Waals surface area contributed by atoms with Crippen molar-refractivity contribution in [1.82, 2.24) is 4.90 Å². The van der Waals surface area contributed by atoms with Crippen LogP contribution in [0.25, 0.3) is 0 Å². The third-order valence-electron chi connectivity index (χ3n) is 4.42. The number of aliphatic carboxylic acids is 1. The van der Waals surface area contributed by atoms with Gasteiger partial charge in [0.15, 0.2) is 0 Å². The van der Waals surface area contributed by atoms with E-state index in [1.54, 1.807) is 4.90 Å². The van der Waals surface area contributed by atoms with Gasteiger partial charge in [0.05, 0.1) is 5.92 Å². The Bertz CT molecular complexity index is 553. The second-order valence-electron chi connectivity index (χ2n) is 5.77. The van der Waals surface area contributed by atoms with Gasteiger partial charge < -0.3 is 10.0 Å². The zero-order chi connectivity index (χ0) is 14.1. The number of hydrogen-bond acceptors (Lipinski definition) is 2. The number of carboxylic acid groups (broad SMARTS) is 1. The van der Waals surface area contributed by atoms with Crippen molar-refractivity contribution in [3.05, 3.63) is 34.9 Å². The largest absolute Gasteiger partial charge is 0.481 e. The Morgan fingerprint density at radius 2 is 1.90 bits per heavy atom. The van der Waals surface area contributed by atoms with E-state index in [4.69, 9.17) is 5.11 Å². The molecule has 2 aliphatic rings. The molecule has 0 spiro atoms. The number of carboxylic acids is 1. The maximum Gasteiger partial charge on any atom is 0.308 e. The summed E-state index contributed by atoms with van der Waals surface area (Å²) in [7, 11) is 0. The normalized spacial score (nSPS) is 21.6. The van der Waals surface area contributed by atoms with Gasteiger partial charge in [-0.15, -0.1) is 0 Å². The number of aryl methyl sites for hydroxylation is 2. The molecule has 4 heteroatoms. The van der Waals surface area contributed by atoms with Crippen LogP contribution in [0.1, 0.15) is 40.7 Å². The summed E-state index contributed by atoms with van der Waals surface area (Å²) in [5.41, 5.74) is 3.35. The Kier molecular flexibility index (Phi) is 3.47. The predicted molar refractivity (Wildman–Crippen MR) is 74.7 cm³/mol. The van der Waals surface area contributed by atoms with E-state index in [0.29, 0.717) is 25.1 Å². The summed E-state index contributed by atoms with van der Waals surface area (Å²) >= 11 is 0. The molecule has 20 heavy (non-hydrogen) atoms. The van der Waals surface area contributed by atoms with Crippen molar-refractivity contribution in [2.24, 2.45) is 5.92 Å². The first kappa shape index (κ1) is 13.2. The zero-order valence-corrected chi connectivity index (χ0v) is 11.5. The van der Waals surface area contributed by atoms with Gasteiger partial charge in [-0.25, -0.2) is 0 Å². The van der Waals surface area contributed by atoms with Crippen LogP contribution in [0.5, 0.6) is 0 Å². The molecule has 3 rings (SSSR count). The summed E-state index contributed by atoms with van der Waals surface area (Å²) in [6.45, 7) is 0.887. The number of carbonyl (C=O) groups excluding carboxylic acids is 1. The lowest BCUT2D eigenvalue weighted by atomic mass is 9.90.